The molecule has 3 aromatic rings. The Morgan fingerprint density at radius 2 is 1.53 bits per heavy atom. The molecule has 0 aliphatic heterocycles. The molecule has 0 unspecified atom stereocenters. The van der Waals surface area contributed by atoms with E-state index in [0.29, 0.717) is 5.75 Å². The second-order valence-corrected chi connectivity index (χ2v) is 10.9. The number of carbonyl (C=O) groups is 2. The van der Waals surface area contributed by atoms with E-state index < -0.39 is 34.3 Å². The summed E-state index contributed by atoms with van der Waals surface area (Å²) in [6.07, 6.45) is 0. The van der Waals surface area contributed by atoms with Crippen LogP contribution >= 0.6 is 0 Å². The molecule has 0 saturated carbocycles. The number of amides is 2. The van der Waals surface area contributed by atoms with Gasteiger partial charge in [0.1, 0.15) is 24.2 Å². The quantitative estimate of drug-likeness (QED) is 0.396. The van der Waals surface area contributed by atoms with Crippen molar-refractivity contribution in [2.75, 3.05) is 18.0 Å². The number of hydrogen-bond acceptors (Lipinski definition) is 5. The summed E-state index contributed by atoms with van der Waals surface area (Å²) in [5.74, 6) is -1.05. The fraction of sp³-hybridized carbons (Fsp3) is 0.286. The highest BCUT2D eigenvalue weighted by Gasteiger charge is 2.32. The third kappa shape index (κ3) is 7.10. The first-order valence-electron chi connectivity index (χ1n) is 12.1. The minimum atomic E-state index is -4.25. The van der Waals surface area contributed by atoms with Crippen LogP contribution in [0.5, 0.6) is 5.75 Å². The van der Waals surface area contributed by atoms with Crippen LogP contribution < -0.4 is 14.4 Å². The lowest BCUT2D eigenvalue weighted by Crippen LogP contribution is -2.52. The van der Waals surface area contributed by atoms with Crippen LogP contribution in [0.15, 0.2) is 83.8 Å². The maximum atomic E-state index is 13.8. The Morgan fingerprint density at radius 1 is 0.921 bits per heavy atom. The van der Waals surface area contributed by atoms with Crippen LogP contribution in [0.25, 0.3) is 0 Å². The van der Waals surface area contributed by atoms with E-state index >= 15 is 0 Å². The van der Waals surface area contributed by atoms with Gasteiger partial charge in [0.15, 0.2) is 0 Å². The highest BCUT2D eigenvalue weighted by atomic mass is 32.2. The van der Waals surface area contributed by atoms with E-state index in [4.69, 9.17) is 4.74 Å². The second kappa shape index (κ2) is 12.6. The van der Waals surface area contributed by atoms with E-state index in [-0.39, 0.29) is 29.1 Å². The first-order valence-corrected chi connectivity index (χ1v) is 13.5. The molecule has 0 aliphatic rings. The van der Waals surface area contributed by atoms with Crippen molar-refractivity contribution in [1.29, 1.82) is 0 Å². The van der Waals surface area contributed by atoms with Gasteiger partial charge in [-0.15, -0.1) is 0 Å². The van der Waals surface area contributed by atoms with Gasteiger partial charge in [0.2, 0.25) is 11.8 Å². The summed E-state index contributed by atoms with van der Waals surface area (Å²) in [5.41, 5.74) is 0.880. The number of halogens is 1. The van der Waals surface area contributed by atoms with Crippen LogP contribution in [-0.4, -0.2) is 50.9 Å². The molecule has 0 heterocycles. The van der Waals surface area contributed by atoms with Gasteiger partial charge in [-0.3, -0.25) is 13.9 Å². The summed E-state index contributed by atoms with van der Waals surface area (Å²) in [5, 5.41) is 2.80. The number of methoxy groups -OCH3 is 1. The molecule has 8 nitrogen and oxygen atoms in total. The molecule has 0 saturated heterocycles. The van der Waals surface area contributed by atoms with Crippen molar-refractivity contribution < 1.29 is 27.1 Å². The molecule has 2 amide bonds. The van der Waals surface area contributed by atoms with Crippen molar-refractivity contribution in [3.8, 4) is 5.75 Å². The lowest BCUT2D eigenvalue weighted by molar-refractivity contribution is -0.139. The van der Waals surface area contributed by atoms with Crippen molar-refractivity contribution in [3.05, 3.63) is 90.2 Å². The lowest BCUT2D eigenvalue weighted by Gasteiger charge is -2.32. The number of carbonyl (C=O) groups excluding carboxylic acids is 2. The molecule has 1 N–H and O–H groups in total. The van der Waals surface area contributed by atoms with Crippen molar-refractivity contribution in [1.82, 2.24) is 10.2 Å². The molecule has 1 atom stereocenters. The van der Waals surface area contributed by atoms with E-state index in [9.17, 15) is 22.4 Å². The average Bonchev–Trinajstić information content (AvgIpc) is 2.90. The summed E-state index contributed by atoms with van der Waals surface area (Å²) in [6.45, 7) is 4.70. The number of nitrogens with one attached hydrogen (secondary N) is 1. The summed E-state index contributed by atoms with van der Waals surface area (Å²) < 4.78 is 47.2. The minimum Gasteiger partial charge on any atom is -0.497 e. The van der Waals surface area contributed by atoms with Crippen LogP contribution in [0.1, 0.15) is 26.3 Å². The molecule has 0 spiro atoms. The fourth-order valence-electron chi connectivity index (χ4n) is 3.78. The molecule has 0 fully saturated rings. The Balaban J connectivity index is 2.01. The molecule has 0 aromatic heterocycles. The predicted molar refractivity (Wildman–Crippen MR) is 144 cm³/mol. The molecular weight excluding hydrogens is 509 g/mol. The predicted octanol–water partition coefficient (Wildman–Crippen LogP) is 3.97. The molecule has 0 aliphatic carbocycles. The summed E-state index contributed by atoms with van der Waals surface area (Å²) in [7, 11) is -2.79. The van der Waals surface area contributed by atoms with E-state index in [2.05, 4.69) is 5.32 Å². The van der Waals surface area contributed by atoms with E-state index in [1.807, 2.05) is 44.2 Å². The first kappa shape index (κ1) is 28.6. The van der Waals surface area contributed by atoms with Gasteiger partial charge in [0.05, 0.1) is 17.7 Å². The van der Waals surface area contributed by atoms with Gasteiger partial charge in [0.25, 0.3) is 10.0 Å². The third-order valence-corrected chi connectivity index (χ3v) is 7.62. The SMILES string of the molecule is COc1ccc(S(=O)(=O)N(CC(=O)N(Cc2ccccc2)[C@H](C)C(=O)NC(C)C)c2ccc(F)cc2)cc1. The van der Waals surface area contributed by atoms with Gasteiger partial charge in [-0.1, -0.05) is 30.3 Å². The Bertz CT molecular complexity index is 1330. The number of ether oxygens (including phenoxy) is 1. The minimum absolute atomic E-state index is 0.0735. The number of sulfonamides is 1. The number of anilines is 1. The van der Waals surface area contributed by atoms with Crippen molar-refractivity contribution >= 4 is 27.5 Å². The maximum Gasteiger partial charge on any atom is 0.264 e. The zero-order valence-corrected chi connectivity index (χ0v) is 22.6. The van der Waals surface area contributed by atoms with Crippen LogP contribution in [0.3, 0.4) is 0 Å². The summed E-state index contributed by atoms with van der Waals surface area (Å²) >= 11 is 0. The molecule has 38 heavy (non-hydrogen) atoms. The number of nitrogens with zero attached hydrogens (tertiary/aromatic N) is 2. The van der Waals surface area contributed by atoms with Crippen molar-refractivity contribution in [2.24, 2.45) is 0 Å². The zero-order valence-electron chi connectivity index (χ0n) is 21.8. The smallest absolute Gasteiger partial charge is 0.264 e. The van der Waals surface area contributed by atoms with Crippen molar-refractivity contribution in [2.45, 2.75) is 44.3 Å². The molecule has 0 bridgehead atoms. The normalized spacial score (nSPS) is 12.1. The molecule has 3 aromatic carbocycles. The van der Waals surface area contributed by atoms with Crippen LogP contribution in [0, 0.1) is 5.82 Å². The van der Waals surface area contributed by atoms with Crippen LogP contribution in [-0.2, 0) is 26.2 Å². The maximum absolute atomic E-state index is 13.8. The Hall–Kier alpha value is -3.92. The van der Waals surface area contributed by atoms with E-state index in [1.165, 1.54) is 48.4 Å². The van der Waals surface area contributed by atoms with Gasteiger partial charge in [-0.25, -0.2) is 12.8 Å². The van der Waals surface area contributed by atoms with Crippen molar-refractivity contribution in [3.63, 3.8) is 0 Å². The van der Waals surface area contributed by atoms with E-state index in [0.717, 1.165) is 22.0 Å². The molecule has 202 valence electrons. The topological polar surface area (TPSA) is 96.0 Å². The number of hydrogen-bond donors (Lipinski definition) is 1. The van der Waals surface area contributed by atoms with Gasteiger partial charge >= 0.3 is 0 Å². The zero-order chi connectivity index (χ0) is 27.9. The Morgan fingerprint density at radius 3 is 2.08 bits per heavy atom. The molecule has 10 heteroatoms. The molecular formula is C28H32FN3O5S. The lowest BCUT2D eigenvalue weighted by atomic mass is 10.1. The van der Waals surface area contributed by atoms with E-state index in [1.54, 1.807) is 6.92 Å². The highest BCUT2D eigenvalue weighted by molar-refractivity contribution is 7.92. The fourth-order valence-corrected chi connectivity index (χ4v) is 5.19. The highest BCUT2D eigenvalue weighted by Crippen LogP contribution is 2.26. The van der Waals surface area contributed by atoms with Gasteiger partial charge < -0.3 is 15.0 Å². The standard InChI is InChI=1S/C28H32FN3O5S/c1-20(2)30-28(34)21(3)31(18-22-8-6-5-7-9-22)27(33)19-32(24-12-10-23(29)11-13-24)38(35,36)26-16-14-25(37-4)15-17-26/h5-17,20-21H,18-19H2,1-4H3,(H,30,34)/t21-/m1/s1. The van der Waals surface area contributed by atoms with Gasteiger partial charge in [-0.2, -0.15) is 0 Å². The monoisotopic (exact) mass is 541 g/mol. The first-order chi connectivity index (χ1) is 18.0. The largest absolute Gasteiger partial charge is 0.497 e. The molecule has 3 rings (SSSR count). The second-order valence-electron chi connectivity index (χ2n) is 9.01. The number of rotatable bonds is 11. The Labute approximate surface area is 223 Å². The average molecular weight is 542 g/mol. The molecule has 0 radical (unpaired) electrons. The number of benzene rings is 3. The van der Waals surface area contributed by atoms with Crippen LogP contribution in [0.2, 0.25) is 0 Å². The van der Waals surface area contributed by atoms with Gasteiger partial charge in [-0.05, 0) is 74.9 Å². The van der Waals surface area contributed by atoms with Gasteiger partial charge in [0, 0.05) is 12.6 Å². The Kier molecular flexibility index (Phi) is 9.46. The van der Waals surface area contributed by atoms with Crippen LogP contribution in [0.4, 0.5) is 10.1 Å². The summed E-state index contributed by atoms with van der Waals surface area (Å²) in [6, 6.07) is 18.6. The summed E-state index contributed by atoms with van der Waals surface area (Å²) in [4.78, 5) is 27.9. The third-order valence-electron chi connectivity index (χ3n) is 5.83.